The fourth-order valence-corrected chi connectivity index (χ4v) is 2.39. The maximum atomic E-state index is 10.7. The average molecular weight is 397 g/mol. The highest BCUT2D eigenvalue weighted by Gasteiger charge is 2.09. The van der Waals surface area contributed by atoms with Crippen LogP contribution >= 0.6 is 0 Å². The molecule has 0 spiro atoms. The molecule has 1 aromatic heterocycles. The number of carbonyl (C=O) groups is 3. The lowest BCUT2D eigenvalue weighted by molar-refractivity contribution is 0.0682. The average Bonchev–Trinajstić information content (AvgIpc) is 3.18. The topological polar surface area (TPSA) is 156 Å². The van der Waals surface area contributed by atoms with Gasteiger partial charge in [-0.2, -0.15) is 5.10 Å². The molecule has 3 rings (SSSR count). The monoisotopic (exact) mass is 397 g/mol. The van der Waals surface area contributed by atoms with Crippen molar-refractivity contribution in [2.45, 2.75) is 13.5 Å². The summed E-state index contributed by atoms with van der Waals surface area (Å²) in [6.45, 7) is 2.14. The van der Waals surface area contributed by atoms with Crippen LogP contribution in [0.1, 0.15) is 42.2 Å². The molecule has 0 bridgehead atoms. The number of carboxylic acid groups (broad SMARTS) is 3. The van der Waals surface area contributed by atoms with Crippen LogP contribution in [-0.4, -0.2) is 43.0 Å². The lowest BCUT2D eigenvalue weighted by Gasteiger charge is -2.01. The summed E-state index contributed by atoms with van der Waals surface area (Å²) in [5, 5.41) is 30.0. The van der Waals surface area contributed by atoms with Gasteiger partial charge in [-0.1, -0.05) is 12.1 Å². The largest absolute Gasteiger partial charge is 0.478 e. The number of benzene rings is 2. The molecule has 29 heavy (non-hydrogen) atoms. The number of aromatic nitrogens is 2. The van der Waals surface area contributed by atoms with Crippen LogP contribution in [0.25, 0.3) is 5.69 Å². The van der Waals surface area contributed by atoms with Crippen molar-refractivity contribution in [1.29, 1.82) is 0 Å². The van der Waals surface area contributed by atoms with E-state index in [1.807, 2.05) is 24.3 Å². The molecular weight excluding hydrogens is 378 g/mol. The van der Waals surface area contributed by atoms with Gasteiger partial charge in [-0.05, 0) is 48.4 Å². The summed E-state index contributed by atoms with van der Waals surface area (Å²) in [4.78, 5) is 31.7. The van der Waals surface area contributed by atoms with Crippen molar-refractivity contribution in [1.82, 2.24) is 9.78 Å². The molecule has 1 heterocycles. The Labute approximate surface area is 165 Å². The Morgan fingerprint density at radius 3 is 1.83 bits per heavy atom. The van der Waals surface area contributed by atoms with Crippen LogP contribution in [0.15, 0.2) is 54.9 Å². The Morgan fingerprint density at radius 2 is 1.41 bits per heavy atom. The molecule has 0 unspecified atom stereocenters. The van der Waals surface area contributed by atoms with E-state index in [0.717, 1.165) is 17.3 Å². The van der Waals surface area contributed by atoms with Gasteiger partial charge in [0.1, 0.15) is 0 Å². The zero-order valence-corrected chi connectivity index (χ0v) is 15.4. The first kappa shape index (κ1) is 21.3. The Hall–Kier alpha value is -3.98. The Morgan fingerprint density at radius 1 is 0.897 bits per heavy atom. The molecule has 0 radical (unpaired) electrons. The summed E-state index contributed by atoms with van der Waals surface area (Å²) in [7, 11) is 0. The minimum Gasteiger partial charge on any atom is -0.478 e. The zero-order chi connectivity index (χ0) is 21.6. The number of aryl methyl sites for hydroxylation is 1. The van der Waals surface area contributed by atoms with Crippen molar-refractivity contribution in [2.24, 2.45) is 5.73 Å². The van der Waals surface area contributed by atoms with Gasteiger partial charge < -0.3 is 21.1 Å². The van der Waals surface area contributed by atoms with Crippen LogP contribution in [0.4, 0.5) is 0 Å². The van der Waals surface area contributed by atoms with Gasteiger partial charge in [0, 0.05) is 12.7 Å². The van der Waals surface area contributed by atoms with E-state index in [1.165, 1.54) is 29.2 Å². The third-order valence-electron chi connectivity index (χ3n) is 3.84. The standard InChI is InChI=1S/C11H11N3O2.C9H8O4/c12-5-8-1-3-10(4-2-8)14-7-9(6-13-14)11(15)16;1-5-2-6(8(10)11)4-7(3-5)9(12)13/h1-4,6-7H,5,12H2,(H,15,16);2-4H,1H3,(H,10,11)(H,12,13). The van der Waals surface area contributed by atoms with E-state index in [2.05, 4.69) is 5.10 Å². The molecule has 0 atom stereocenters. The lowest BCUT2D eigenvalue weighted by atomic mass is 10.1. The van der Waals surface area contributed by atoms with E-state index in [4.69, 9.17) is 21.1 Å². The minimum absolute atomic E-state index is 0.00241. The van der Waals surface area contributed by atoms with Gasteiger partial charge >= 0.3 is 17.9 Å². The zero-order valence-electron chi connectivity index (χ0n) is 15.4. The number of nitrogens with two attached hydrogens (primary N) is 1. The van der Waals surface area contributed by atoms with Crippen LogP contribution in [0.2, 0.25) is 0 Å². The van der Waals surface area contributed by atoms with Crippen molar-refractivity contribution in [2.75, 3.05) is 0 Å². The van der Waals surface area contributed by atoms with Gasteiger partial charge in [0.2, 0.25) is 0 Å². The molecule has 0 saturated heterocycles. The van der Waals surface area contributed by atoms with Gasteiger partial charge in [0.25, 0.3) is 0 Å². The van der Waals surface area contributed by atoms with Crippen LogP contribution < -0.4 is 5.73 Å². The molecule has 9 heteroatoms. The second-order valence-corrected chi connectivity index (χ2v) is 6.05. The smallest absolute Gasteiger partial charge is 0.338 e. The second-order valence-electron chi connectivity index (χ2n) is 6.05. The normalized spacial score (nSPS) is 10.0. The molecule has 0 aliphatic carbocycles. The molecule has 5 N–H and O–H groups in total. The quantitative estimate of drug-likeness (QED) is 0.511. The summed E-state index contributed by atoms with van der Waals surface area (Å²) in [6.07, 6.45) is 2.79. The molecule has 0 amide bonds. The first-order valence-corrected chi connectivity index (χ1v) is 8.37. The molecule has 3 aromatic rings. The van der Waals surface area contributed by atoms with E-state index in [0.29, 0.717) is 12.1 Å². The first-order valence-electron chi connectivity index (χ1n) is 8.37. The van der Waals surface area contributed by atoms with Crippen molar-refractivity contribution in [3.8, 4) is 5.69 Å². The molecule has 150 valence electrons. The third kappa shape index (κ3) is 5.75. The van der Waals surface area contributed by atoms with Gasteiger partial charge in [-0.25, -0.2) is 19.1 Å². The van der Waals surface area contributed by atoms with E-state index >= 15 is 0 Å². The van der Waals surface area contributed by atoms with E-state index in [-0.39, 0.29) is 16.7 Å². The summed E-state index contributed by atoms with van der Waals surface area (Å²) in [6, 6.07) is 11.5. The number of rotatable bonds is 5. The fraction of sp³-hybridized carbons (Fsp3) is 0.100. The Bertz CT molecular complexity index is 1010. The Kier molecular flexibility index (Phi) is 6.83. The van der Waals surface area contributed by atoms with Crippen LogP contribution in [0.3, 0.4) is 0 Å². The molecule has 0 aliphatic rings. The summed E-state index contributed by atoms with van der Waals surface area (Å²) in [5.41, 5.74) is 8.10. The van der Waals surface area contributed by atoms with Crippen LogP contribution in [-0.2, 0) is 6.54 Å². The van der Waals surface area contributed by atoms with Crippen molar-refractivity contribution < 1.29 is 29.7 Å². The minimum atomic E-state index is -1.12. The number of hydrogen-bond acceptors (Lipinski definition) is 5. The fourth-order valence-electron chi connectivity index (χ4n) is 2.39. The first-order chi connectivity index (χ1) is 13.7. The van der Waals surface area contributed by atoms with Crippen molar-refractivity contribution in [3.05, 3.63) is 82.7 Å². The predicted octanol–water partition coefficient (Wildman–Crippen LogP) is 2.42. The SMILES string of the molecule is Cc1cc(C(=O)O)cc(C(=O)O)c1.NCc1ccc(-n2cc(C(=O)O)cn2)cc1. The predicted molar refractivity (Wildman–Crippen MR) is 104 cm³/mol. The van der Waals surface area contributed by atoms with Gasteiger partial charge in [0.15, 0.2) is 0 Å². The summed E-state index contributed by atoms with van der Waals surface area (Å²) >= 11 is 0. The molecular formula is C20H19N3O6. The second kappa shape index (κ2) is 9.29. The third-order valence-corrected chi connectivity index (χ3v) is 3.84. The maximum Gasteiger partial charge on any atom is 0.338 e. The maximum absolute atomic E-state index is 10.7. The summed E-state index contributed by atoms with van der Waals surface area (Å²) < 4.78 is 1.52. The molecule has 0 aliphatic heterocycles. The van der Waals surface area contributed by atoms with Crippen LogP contribution in [0, 0.1) is 6.92 Å². The van der Waals surface area contributed by atoms with Crippen molar-refractivity contribution >= 4 is 17.9 Å². The van der Waals surface area contributed by atoms with E-state index in [1.54, 1.807) is 6.92 Å². The number of aromatic carboxylic acids is 3. The van der Waals surface area contributed by atoms with Gasteiger partial charge in [0.05, 0.1) is 28.6 Å². The highest BCUT2D eigenvalue weighted by molar-refractivity contribution is 5.94. The van der Waals surface area contributed by atoms with Gasteiger partial charge in [-0.15, -0.1) is 0 Å². The number of carboxylic acids is 3. The number of hydrogen-bond donors (Lipinski definition) is 4. The van der Waals surface area contributed by atoms with Crippen LogP contribution in [0.5, 0.6) is 0 Å². The molecule has 0 saturated carbocycles. The molecule has 9 nitrogen and oxygen atoms in total. The highest BCUT2D eigenvalue weighted by atomic mass is 16.4. The number of nitrogens with zero attached hydrogens (tertiary/aromatic N) is 2. The lowest BCUT2D eigenvalue weighted by Crippen LogP contribution is -2.02. The summed E-state index contributed by atoms with van der Waals surface area (Å²) in [5.74, 6) is -3.22. The van der Waals surface area contributed by atoms with E-state index < -0.39 is 17.9 Å². The highest BCUT2D eigenvalue weighted by Crippen LogP contribution is 2.10. The van der Waals surface area contributed by atoms with E-state index in [9.17, 15) is 14.4 Å². The van der Waals surface area contributed by atoms with Crippen molar-refractivity contribution in [3.63, 3.8) is 0 Å². The molecule has 2 aromatic carbocycles. The molecule has 0 fully saturated rings. The van der Waals surface area contributed by atoms with Gasteiger partial charge in [-0.3, -0.25) is 0 Å². The Balaban J connectivity index is 0.000000212.